The van der Waals surface area contributed by atoms with Gasteiger partial charge in [0.2, 0.25) is 0 Å². The summed E-state index contributed by atoms with van der Waals surface area (Å²) in [7, 11) is 1.66. The van der Waals surface area contributed by atoms with Crippen molar-refractivity contribution in [3.05, 3.63) is 0 Å². The molecule has 0 aromatic heterocycles. The number of ether oxygens (including phenoxy) is 3. The SMILES string of the molecule is COCC1=N[C@@H]2CC[C@H](COC(C)=O)O[C@@H]2S1. The highest BCUT2D eigenvalue weighted by Crippen LogP contribution is 2.36. The Morgan fingerprint density at radius 1 is 1.59 bits per heavy atom. The molecule has 17 heavy (non-hydrogen) atoms. The number of rotatable bonds is 4. The second-order valence-corrected chi connectivity index (χ2v) is 5.32. The number of nitrogens with zero attached hydrogens (tertiary/aromatic N) is 1. The van der Waals surface area contributed by atoms with Crippen molar-refractivity contribution in [2.24, 2.45) is 4.99 Å². The third-order valence-corrected chi connectivity index (χ3v) is 3.88. The standard InChI is InChI=1S/C11H17NO4S/c1-7(13)15-5-8-3-4-9-11(16-8)17-10(12-9)6-14-2/h8-9,11H,3-6H2,1-2H3/t8-,9-,11-/m1/s1. The molecule has 5 nitrogen and oxygen atoms in total. The van der Waals surface area contributed by atoms with E-state index in [1.807, 2.05) is 0 Å². The second kappa shape index (κ2) is 5.84. The molecular weight excluding hydrogens is 242 g/mol. The van der Waals surface area contributed by atoms with Crippen molar-refractivity contribution in [1.82, 2.24) is 0 Å². The summed E-state index contributed by atoms with van der Waals surface area (Å²) >= 11 is 1.62. The number of carbonyl (C=O) groups is 1. The highest BCUT2D eigenvalue weighted by Gasteiger charge is 2.37. The lowest BCUT2D eigenvalue weighted by Crippen LogP contribution is -2.36. The fraction of sp³-hybridized carbons (Fsp3) is 0.818. The minimum atomic E-state index is -0.258. The van der Waals surface area contributed by atoms with Gasteiger partial charge in [-0.25, -0.2) is 0 Å². The molecule has 3 atom stereocenters. The van der Waals surface area contributed by atoms with Crippen LogP contribution in [0.4, 0.5) is 0 Å². The fourth-order valence-electron chi connectivity index (χ4n) is 1.95. The number of carbonyl (C=O) groups excluding carboxylic acids is 1. The third kappa shape index (κ3) is 3.43. The number of hydrogen-bond acceptors (Lipinski definition) is 6. The third-order valence-electron chi connectivity index (χ3n) is 2.73. The maximum Gasteiger partial charge on any atom is 0.302 e. The molecule has 6 heteroatoms. The molecule has 0 radical (unpaired) electrons. The minimum Gasteiger partial charge on any atom is -0.463 e. The number of aliphatic imine (C=N–C) groups is 1. The molecule has 96 valence electrons. The Hall–Kier alpha value is -0.590. The van der Waals surface area contributed by atoms with Crippen LogP contribution in [0.1, 0.15) is 19.8 Å². The van der Waals surface area contributed by atoms with Crippen molar-refractivity contribution in [3.8, 4) is 0 Å². The van der Waals surface area contributed by atoms with Gasteiger partial charge in [0.25, 0.3) is 0 Å². The summed E-state index contributed by atoms with van der Waals surface area (Å²) in [6.45, 7) is 2.31. The first-order valence-corrected chi connectivity index (χ1v) is 6.58. The summed E-state index contributed by atoms with van der Waals surface area (Å²) in [6, 6.07) is 0.235. The Morgan fingerprint density at radius 3 is 3.12 bits per heavy atom. The van der Waals surface area contributed by atoms with Gasteiger partial charge in [-0.1, -0.05) is 11.8 Å². The van der Waals surface area contributed by atoms with Crippen molar-refractivity contribution in [3.63, 3.8) is 0 Å². The molecule has 0 aromatic rings. The van der Waals surface area contributed by atoms with E-state index in [1.165, 1.54) is 6.92 Å². The Morgan fingerprint density at radius 2 is 2.41 bits per heavy atom. The lowest BCUT2D eigenvalue weighted by Gasteiger charge is -2.30. The Kier molecular flexibility index (Phi) is 4.42. The smallest absolute Gasteiger partial charge is 0.302 e. The molecule has 0 aliphatic carbocycles. The van der Waals surface area contributed by atoms with E-state index >= 15 is 0 Å². The first kappa shape index (κ1) is 12.9. The van der Waals surface area contributed by atoms with Crippen LogP contribution in [0, 0.1) is 0 Å². The lowest BCUT2D eigenvalue weighted by molar-refractivity contribution is -0.147. The summed E-state index contributed by atoms with van der Waals surface area (Å²) < 4.78 is 15.9. The van der Waals surface area contributed by atoms with E-state index in [1.54, 1.807) is 18.9 Å². The van der Waals surface area contributed by atoms with Gasteiger partial charge >= 0.3 is 5.97 Å². The van der Waals surface area contributed by atoms with Gasteiger partial charge in [-0.15, -0.1) is 0 Å². The quantitative estimate of drug-likeness (QED) is 0.710. The molecule has 1 saturated heterocycles. The van der Waals surface area contributed by atoms with Crippen LogP contribution in [0.5, 0.6) is 0 Å². The van der Waals surface area contributed by atoms with Crippen molar-refractivity contribution < 1.29 is 19.0 Å². The van der Waals surface area contributed by atoms with Crippen molar-refractivity contribution in [2.45, 2.75) is 37.3 Å². The zero-order valence-corrected chi connectivity index (χ0v) is 10.9. The largest absolute Gasteiger partial charge is 0.463 e. The van der Waals surface area contributed by atoms with Crippen molar-refractivity contribution >= 4 is 22.8 Å². The van der Waals surface area contributed by atoms with Crippen LogP contribution >= 0.6 is 11.8 Å². The Bertz CT molecular complexity index is 321. The second-order valence-electron chi connectivity index (χ2n) is 4.15. The van der Waals surface area contributed by atoms with Gasteiger partial charge in [0, 0.05) is 14.0 Å². The van der Waals surface area contributed by atoms with Gasteiger partial charge in [0.15, 0.2) is 0 Å². The first-order chi connectivity index (χ1) is 8.19. The van der Waals surface area contributed by atoms with Crippen LogP contribution < -0.4 is 0 Å². The first-order valence-electron chi connectivity index (χ1n) is 5.70. The number of esters is 1. The highest BCUT2D eigenvalue weighted by molar-refractivity contribution is 8.14. The molecule has 0 amide bonds. The van der Waals surface area contributed by atoms with Crippen molar-refractivity contribution in [2.75, 3.05) is 20.3 Å². The zero-order chi connectivity index (χ0) is 12.3. The molecule has 2 aliphatic heterocycles. The molecule has 0 saturated carbocycles. The van der Waals surface area contributed by atoms with E-state index < -0.39 is 0 Å². The summed E-state index contributed by atoms with van der Waals surface area (Å²) in [5.74, 6) is -0.258. The average Bonchev–Trinajstić information content (AvgIpc) is 2.68. The van der Waals surface area contributed by atoms with E-state index in [4.69, 9.17) is 14.2 Å². The maximum atomic E-state index is 10.7. The van der Waals surface area contributed by atoms with E-state index in [0.29, 0.717) is 13.2 Å². The average molecular weight is 259 g/mol. The molecule has 0 spiro atoms. The Balaban J connectivity index is 1.80. The Labute approximate surface area is 105 Å². The monoisotopic (exact) mass is 259 g/mol. The molecule has 0 aromatic carbocycles. The number of fused-ring (bicyclic) bond motifs is 1. The predicted molar refractivity (Wildman–Crippen MR) is 65.2 cm³/mol. The van der Waals surface area contributed by atoms with Crippen LogP contribution in [0.3, 0.4) is 0 Å². The predicted octanol–water partition coefficient (Wildman–Crippen LogP) is 1.21. The minimum absolute atomic E-state index is 0.00439. The highest BCUT2D eigenvalue weighted by atomic mass is 32.2. The zero-order valence-electron chi connectivity index (χ0n) is 10.0. The van der Waals surface area contributed by atoms with Gasteiger partial charge in [-0.3, -0.25) is 9.79 Å². The van der Waals surface area contributed by atoms with E-state index in [-0.39, 0.29) is 23.6 Å². The van der Waals surface area contributed by atoms with Gasteiger partial charge in [-0.2, -0.15) is 0 Å². The molecule has 2 rings (SSSR count). The van der Waals surface area contributed by atoms with Crippen LogP contribution in [-0.2, 0) is 19.0 Å². The van der Waals surface area contributed by atoms with Crippen molar-refractivity contribution in [1.29, 1.82) is 0 Å². The van der Waals surface area contributed by atoms with Crippen LogP contribution in [-0.4, -0.2) is 48.9 Å². The molecule has 1 fully saturated rings. The molecule has 2 aliphatic rings. The number of methoxy groups -OCH3 is 1. The summed E-state index contributed by atoms with van der Waals surface area (Å²) in [5, 5.41) is 0.996. The summed E-state index contributed by atoms with van der Waals surface area (Å²) in [4.78, 5) is 15.3. The van der Waals surface area contributed by atoms with Gasteiger partial charge in [0.05, 0.1) is 23.8 Å². The van der Waals surface area contributed by atoms with Crippen LogP contribution in [0.2, 0.25) is 0 Å². The van der Waals surface area contributed by atoms with E-state index in [2.05, 4.69) is 4.99 Å². The molecule has 0 N–H and O–H groups in total. The maximum absolute atomic E-state index is 10.7. The number of thioether (sulfide) groups is 1. The molecule has 2 heterocycles. The fourth-order valence-corrected chi connectivity index (χ4v) is 3.17. The summed E-state index contributed by atoms with van der Waals surface area (Å²) in [6.07, 6.45) is 1.88. The van der Waals surface area contributed by atoms with Gasteiger partial charge in [-0.05, 0) is 12.8 Å². The molecule has 0 unspecified atom stereocenters. The van der Waals surface area contributed by atoms with Crippen LogP contribution in [0.25, 0.3) is 0 Å². The van der Waals surface area contributed by atoms with E-state index in [0.717, 1.165) is 17.9 Å². The topological polar surface area (TPSA) is 57.1 Å². The molecule has 0 bridgehead atoms. The van der Waals surface area contributed by atoms with E-state index in [9.17, 15) is 4.79 Å². The number of hydrogen-bond donors (Lipinski definition) is 0. The van der Waals surface area contributed by atoms with Crippen LogP contribution in [0.15, 0.2) is 4.99 Å². The summed E-state index contributed by atoms with van der Waals surface area (Å²) in [5.41, 5.74) is 0.0643. The normalized spacial score (nSPS) is 31.9. The lowest BCUT2D eigenvalue weighted by atomic mass is 10.1. The van der Waals surface area contributed by atoms with Gasteiger partial charge in [0.1, 0.15) is 12.0 Å². The molecular formula is C11H17NO4S. The van der Waals surface area contributed by atoms with Gasteiger partial charge < -0.3 is 14.2 Å².